The summed E-state index contributed by atoms with van der Waals surface area (Å²) in [7, 11) is 5.47. The zero-order valence-corrected chi connectivity index (χ0v) is 72.8. The zero-order chi connectivity index (χ0) is 87.0. The minimum Gasteiger partial charge on any atom is -0.390 e. The molecule has 0 radical (unpaired) electrons. The Hall–Kier alpha value is -14.3. The first-order valence-corrected chi connectivity index (χ1v) is 41.5. The summed E-state index contributed by atoms with van der Waals surface area (Å²) in [6.45, 7) is 28.1. The number of aliphatic hydroxyl groups is 1. The van der Waals surface area contributed by atoms with Gasteiger partial charge < -0.3 is 74.0 Å². The number of rotatable bonds is 28. The number of thiazole rings is 1. The first kappa shape index (κ1) is 86.1. The van der Waals surface area contributed by atoms with Crippen LogP contribution in [0.3, 0.4) is 0 Å². The molecule has 0 spiro atoms. The predicted octanol–water partition coefficient (Wildman–Crippen LogP) is 13.4. The second-order valence-electron chi connectivity index (χ2n) is 30.7. The number of ether oxygens (including phenoxy) is 1. The molecule has 18 aromatic rings. The third-order valence-electron chi connectivity index (χ3n) is 19.6. The van der Waals surface area contributed by atoms with Gasteiger partial charge in [-0.15, -0.1) is 16.4 Å². The zero-order valence-electron chi connectivity index (χ0n) is 71.9. The summed E-state index contributed by atoms with van der Waals surface area (Å²) in [6.07, 6.45) is 18.0. The van der Waals surface area contributed by atoms with Crippen molar-refractivity contribution in [1.82, 2.24) is 128 Å². The fraction of sp³-hybridized carbons (Fsp3) is 0.322. The monoisotopic (exact) mass is 1690 g/mol. The molecule has 0 aliphatic rings. The quantitative estimate of drug-likeness (QED) is 0.0239. The van der Waals surface area contributed by atoms with Crippen molar-refractivity contribution in [3.05, 3.63) is 255 Å². The second-order valence-corrected chi connectivity index (χ2v) is 31.7. The van der Waals surface area contributed by atoms with Crippen molar-refractivity contribution >= 4 is 102 Å². The highest BCUT2D eigenvalue weighted by Crippen LogP contribution is 2.30. The Balaban J connectivity index is 0.000000126. The van der Waals surface area contributed by atoms with Crippen LogP contribution in [-0.4, -0.2) is 159 Å². The summed E-state index contributed by atoms with van der Waals surface area (Å²) in [5.74, 6) is 8.98. The topological polar surface area (TPSA) is 421 Å². The van der Waals surface area contributed by atoms with E-state index in [1.807, 2.05) is 212 Å². The molecule has 36 nitrogen and oxygen atoms in total. The van der Waals surface area contributed by atoms with Gasteiger partial charge in [0.2, 0.25) is 5.95 Å². The van der Waals surface area contributed by atoms with Crippen molar-refractivity contribution in [3.63, 3.8) is 0 Å². The van der Waals surface area contributed by atoms with Crippen LogP contribution < -0.4 is 32.3 Å². The number of pyridine rings is 3. The standard InChI is InChI=1S/C19H21N7.C18H23N5O.C17H18N8.C17H18N6OS.C16H22N6O2/c1-13-10-16(24-25(13)3)11-21-19-18-17(22-14(2)23-19)7-9-26(18)12-15-6-4-5-8-20-15;1-13-21-15-7-11-23(12-14-6-4-5-9-19-14)16(15)17(22-13)20-10-8-18(2,3)24;1-12-20-15-6-8-25(11-13-5-3-4-7-18-13)16(15)17(21-12)19-9-14-10-24(2)23-22-14;1-10-6-13(22-24-10)7-18-17-16-15(19-11(2)20-17)4-5-23(16)8-14-9-25-12(3)21-14;1-10(2)13-8-11(21-24-13)9-18-15-14-12(19-16(17)20-15)4-5-22(14)6-7-23-3/h4-10H,11-12H2,1-3H3,(H,21,22,23);4-7,9,11,24H,8,10,12H2,1-3H3,(H,20,21,22);3-8,10H,9,11H2,1-2H3,(H,19,20,21);4-6,9H,7-8H2,1-3H3,(H,18,19,20);4-5,8,10H,6-7,9H2,1-3H3,(H3,17,18,19,20). The molecule has 18 rings (SSSR count). The average molecular weight is 1690 g/mol. The second kappa shape index (κ2) is 39.5. The Bertz CT molecular complexity index is 6530. The van der Waals surface area contributed by atoms with Crippen molar-refractivity contribution in [2.45, 2.75) is 153 Å². The van der Waals surface area contributed by atoms with Gasteiger partial charge in [-0.25, -0.2) is 49.8 Å². The van der Waals surface area contributed by atoms with Crippen molar-refractivity contribution in [1.29, 1.82) is 0 Å². The molecule has 0 saturated heterocycles. The molecule has 124 heavy (non-hydrogen) atoms. The molecule has 640 valence electrons. The number of nitrogens with zero attached hydrogens (tertiary/aromatic N) is 26. The highest BCUT2D eigenvalue weighted by Gasteiger charge is 2.21. The molecule has 0 unspecified atom stereocenters. The summed E-state index contributed by atoms with van der Waals surface area (Å²) in [4.78, 5) is 62.9. The number of nitrogens with two attached hydrogens (primary N) is 1. The molecule has 37 heteroatoms. The summed E-state index contributed by atoms with van der Waals surface area (Å²) < 4.78 is 29.7. The lowest BCUT2D eigenvalue weighted by atomic mass is 10.1. The molecule has 0 saturated carbocycles. The smallest absolute Gasteiger partial charge is 0.222 e. The molecule has 0 aliphatic carbocycles. The van der Waals surface area contributed by atoms with Crippen LogP contribution in [-0.2, 0) is 77.7 Å². The lowest BCUT2D eigenvalue weighted by Crippen LogP contribution is -2.23. The van der Waals surface area contributed by atoms with Gasteiger partial charge in [0.05, 0.1) is 126 Å². The Kier molecular flexibility index (Phi) is 27.4. The number of methoxy groups -OCH3 is 1. The minimum atomic E-state index is -0.704. The SMILES string of the molecule is COCCn1ccc2nc(N)nc(NCc3cc(C(C)C)on3)c21.Cc1nc(NCCC(C)(C)O)c2c(ccn2Cc2ccccn2)n1.Cc1nc(NCc2cc(C)n(C)n2)c2c(ccn2Cc2ccccn2)n1.Cc1nc(NCc2cc(C)on2)c2c(ccn2Cc2csc(C)n2)n1.Cc1nc(NCc2cn(C)nn2)c2c(ccn2Cc2ccccn2)n1. The van der Waals surface area contributed by atoms with Crippen LogP contribution in [0.15, 0.2) is 173 Å². The van der Waals surface area contributed by atoms with Crippen molar-refractivity contribution in [2.75, 3.05) is 52.6 Å². The molecular weight excluding hydrogens is 1590 g/mol. The summed E-state index contributed by atoms with van der Waals surface area (Å²) in [5.41, 5.74) is 23.0. The molecule has 0 bridgehead atoms. The lowest BCUT2D eigenvalue weighted by Gasteiger charge is -2.18. The van der Waals surface area contributed by atoms with Gasteiger partial charge in [0, 0.05) is 119 Å². The maximum Gasteiger partial charge on any atom is 0.222 e. The van der Waals surface area contributed by atoms with Crippen LogP contribution in [0, 0.1) is 48.5 Å². The van der Waals surface area contributed by atoms with Gasteiger partial charge >= 0.3 is 0 Å². The van der Waals surface area contributed by atoms with Crippen LogP contribution in [0.4, 0.5) is 35.0 Å². The maximum absolute atomic E-state index is 9.89. The van der Waals surface area contributed by atoms with Gasteiger partial charge in [-0.2, -0.15) is 10.1 Å². The number of hydrogen-bond acceptors (Lipinski definition) is 30. The van der Waals surface area contributed by atoms with E-state index >= 15 is 0 Å². The molecular formula is C87H102N32O4S. The summed E-state index contributed by atoms with van der Waals surface area (Å²) in [6, 6.07) is 33.6. The van der Waals surface area contributed by atoms with E-state index in [4.69, 9.17) is 19.5 Å². The molecule has 18 heterocycles. The first-order chi connectivity index (χ1) is 59.9. The van der Waals surface area contributed by atoms with E-state index < -0.39 is 5.60 Å². The lowest BCUT2D eigenvalue weighted by molar-refractivity contribution is 0.0748. The Morgan fingerprint density at radius 2 is 0.903 bits per heavy atom. The van der Waals surface area contributed by atoms with Crippen LogP contribution in [0.25, 0.3) is 55.2 Å². The summed E-state index contributed by atoms with van der Waals surface area (Å²) in [5, 5.41) is 50.5. The van der Waals surface area contributed by atoms with Crippen LogP contribution >= 0.6 is 11.3 Å². The number of aryl methyl sites for hydroxylation is 9. The van der Waals surface area contributed by atoms with Crippen molar-refractivity contribution in [3.8, 4) is 0 Å². The average Bonchev–Trinajstić information content (AvgIpc) is 1.66. The van der Waals surface area contributed by atoms with E-state index in [-0.39, 0.29) is 5.95 Å². The van der Waals surface area contributed by atoms with Crippen molar-refractivity contribution < 1.29 is 18.9 Å². The van der Waals surface area contributed by atoms with Crippen LogP contribution in [0.5, 0.6) is 0 Å². The third-order valence-corrected chi connectivity index (χ3v) is 20.5. The fourth-order valence-electron chi connectivity index (χ4n) is 13.8. The van der Waals surface area contributed by atoms with Gasteiger partial charge in [-0.05, 0) is 142 Å². The number of anilines is 6. The fourth-order valence-corrected chi connectivity index (χ4v) is 14.4. The van der Waals surface area contributed by atoms with Gasteiger partial charge in [-0.3, -0.25) is 24.3 Å². The van der Waals surface area contributed by atoms with Crippen LogP contribution in [0.2, 0.25) is 0 Å². The Labute approximate surface area is 719 Å². The molecule has 18 aromatic heterocycles. The highest BCUT2D eigenvalue weighted by atomic mass is 32.1. The largest absolute Gasteiger partial charge is 0.390 e. The predicted molar refractivity (Wildman–Crippen MR) is 478 cm³/mol. The Morgan fingerprint density at radius 1 is 0.476 bits per heavy atom. The van der Waals surface area contributed by atoms with E-state index in [1.54, 1.807) is 49.4 Å². The number of fused-ring (bicyclic) bond motifs is 5. The van der Waals surface area contributed by atoms with Gasteiger partial charge in [0.25, 0.3) is 0 Å². The first-order valence-electron chi connectivity index (χ1n) is 40.6. The van der Waals surface area contributed by atoms with Gasteiger partial charge in [-0.1, -0.05) is 47.6 Å². The summed E-state index contributed by atoms with van der Waals surface area (Å²) >= 11 is 1.66. The van der Waals surface area contributed by atoms with E-state index in [9.17, 15) is 5.11 Å². The van der Waals surface area contributed by atoms with E-state index in [0.717, 1.165) is 170 Å². The molecule has 0 fully saturated rings. The minimum absolute atomic E-state index is 0.234. The van der Waals surface area contributed by atoms with E-state index in [1.165, 1.54) is 0 Å². The number of nitrogen functional groups attached to an aromatic ring is 1. The van der Waals surface area contributed by atoms with Gasteiger partial charge in [0.1, 0.15) is 79.5 Å². The molecule has 0 amide bonds. The molecule has 0 atom stereocenters. The number of aromatic nitrogens is 26. The van der Waals surface area contributed by atoms with E-state index in [2.05, 4.69) is 166 Å². The molecule has 0 aliphatic heterocycles. The van der Waals surface area contributed by atoms with Crippen LogP contribution in [0.1, 0.15) is 131 Å². The maximum atomic E-state index is 9.89. The highest BCUT2D eigenvalue weighted by molar-refractivity contribution is 7.09. The normalized spacial score (nSPS) is 11.4. The number of nitrogens with one attached hydrogen (secondary N) is 5. The van der Waals surface area contributed by atoms with Gasteiger partial charge in [0.15, 0.2) is 29.1 Å². The molecule has 0 aromatic carbocycles. The van der Waals surface area contributed by atoms with Crippen molar-refractivity contribution in [2.24, 2.45) is 14.1 Å². The number of hydrogen-bond donors (Lipinski definition) is 7. The third kappa shape index (κ3) is 22.4. The van der Waals surface area contributed by atoms with E-state index in [0.29, 0.717) is 90.2 Å². The Morgan fingerprint density at radius 3 is 1.30 bits per heavy atom. The molecule has 8 N–H and O–H groups in total.